The van der Waals surface area contributed by atoms with E-state index in [9.17, 15) is 9.90 Å². The molecule has 3 aromatic rings. The molecule has 8 heteroatoms. The average molecular weight is 326 g/mol. The largest absolute Gasteiger partial charge is 0.493 e. The third-order valence-corrected chi connectivity index (χ3v) is 3.50. The fourth-order valence-electron chi connectivity index (χ4n) is 2.43. The van der Waals surface area contributed by atoms with E-state index in [-0.39, 0.29) is 5.56 Å². The minimum absolute atomic E-state index is 0.108. The molecule has 0 radical (unpaired) electrons. The second-order valence-electron chi connectivity index (χ2n) is 4.88. The number of hydrogen-bond donors (Lipinski definition) is 2. The summed E-state index contributed by atoms with van der Waals surface area (Å²) in [4.78, 5) is 11.5. The summed E-state index contributed by atoms with van der Waals surface area (Å²) in [6, 6.07) is 10.2. The van der Waals surface area contributed by atoms with Gasteiger partial charge < -0.3 is 14.6 Å². The molecule has 8 nitrogen and oxygen atoms in total. The van der Waals surface area contributed by atoms with E-state index in [2.05, 4.69) is 20.6 Å². The van der Waals surface area contributed by atoms with E-state index in [4.69, 9.17) is 9.47 Å². The Morgan fingerprint density at radius 1 is 1.12 bits per heavy atom. The predicted molar refractivity (Wildman–Crippen MR) is 85.1 cm³/mol. The van der Waals surface area contributed by atoms with Gasteiger partial charge in [-0.2, -0.15) is 5.21 Å². The maximum Gasteiger partial charge on any atom is 0.335 e. The van der Waals surface area contributed by atoms with Crippen LogP contribution in [0.4, 0.5) is 0 Å². The number of carbonyl (C=O) groups is 1. The summed E-state index contributed by atoms with van der Waals surface area (Å²) in [6.07, 6.45) is 0. The normalized spacial score (nSPS) is 10.4. The van der Waals surface area contributed by atoms with Crippen LogP contribution in [0.15, 0.2) is 36.4 Å². The van der Waals surface area contributed by atoms with Crippen molar-refractivity contribution in [3.8, 4) is 34.0 Å². The van der Waals surface area contributed by atoms with Gasteiger partial charge in [0.1, 0.15) is 0 Å². The van der Waals surface area contributed by atoms with Crippen molar-refractivity contribution in [2.24, 2.45) is 0 Å². The molecule has 0 atom stereocenters. The van der Waals surface area contributed by atoms with Crippen LogP contribution in [0.2, 0.25) is 0 Å². The van der Waals surface area contributed by atoms with Gasteiger partial charge in [-0.3, -0.25) is 0 Å². The zero-order chi connectivity index (χ0) is 17.1. The van der Waals surface area contributed by atoms with Gasteiger partial charge in [0.25, 0.3) is 0 Å². The van der Waals surface area contributed by atoms with Gasteiger partial charge in [-0.15, -0.1) is 10.2 Å². The third-order valence-electron chi connectivity index (χ3n) is 3.50. The second-order valence-corrected chi connectivity index (χ2v) is 4.88. The van der Waals surface area contributed by atoms with Crippen molar-refractivity contribution in [3.63, 3.8) is 0 Å². The Bertz CT molecular complexity index is 878. The lowest BCUT2D eigenvalue weighted by atomic mass is 9.98. The van der Waals surface area contributed by atoms with E-state index in [1.165, 1.54) is 13.2 Å². The molecular formula is C16H14N4O4. The van der Waals surface area contributed by atoms with Crippen molar-refractivity contribution in [1.29, 1.82) is 0 Å². The number of nitrogens with one attached hydrogen (secondary N) is 1. The molecule has 1 aromatic heterocycles. The van der Waals surface area contributed by atoms with Gasteiger partial charge in [-0.05, 0) is 35.0 Å². The zero-order valence-corrected chi connectivity index (χ0v) is 13.0. The van der Waals surface area contributed by atoms with Crippen molar-refractivity contribution in [1.82, 2.24) is 20.6 Å². The average Bonchev–Trinajstić information content (AvgIpc) is 3.15. The molecule has 1 heterocycles. The van der Waals surface area contributed by atoms with E-state index in [1.54, 1.807) is 31.4 Å². The van der Waals surface area contributed by atoms with Gasteiger partial charge in [-0.1, -0.05) is 12.1 Å². The van der Waals surface area contributed by atoms with Gasteiger partial charge in [0.05, 0.1) is 19.8 Å². The first kappa shape index (κ1) is 15.5. The molecule has 0 fully saturated rings. The van der Waals surface area contributed by atoms with Crippen molar-refractivity contribution in [2.75, 3.05) is 14.2 Å². The van der Waals surface area contributed by atoms with E-state index in [0.29, 0.717) is 34.0 Å². The van der Waals surface area contributed by atoms with E-state index >= 15 is 0 Å². The van der Waals surface area contributed by atoms with Crippen LogP contribution < -0.4 is 9.47 Å². The number of rotatable bonds is 5. The molecule has 0 saturated heterocycles. The molecular weight excluding hydrogens is 312 g/mol. The Labute approximate surface area is 137 Å². The number of carboxylic acids is 1. The summed E-state index contributed by atoms with van der Waals surface area (Å²) in [6.45, 7) is 0. The first-order chi connectivity index (χ1) is 11.6. The third kappa shape index (κ3) is 2.76. The number of para-hydroxylation sites is 1. The van der Waals surface area contributed by atoms with Crippen LogP contribution in [0.5, 0.6) is 11.5 Å². The Hall–Kier alpha value is -3.42. The number of tetrazole rings is 1. The smallest absolute Gasteiger partial charge is 0.335 e. The van der Waals surface area contributed by atoms with E-state index < -0.39 is 5.97 Å². The van der Waals surface area contributed by atoms with Crippen LogP contribution in [-0.2, 0) is 0 Å². The van der Waals surface area contributed by atoms with Gasteiger partial charge >= 0.3 is 5.97 Å². The quantitative estimate of drug-likeness (QED) is 0.739. The lowest BCUT2D eigenvalue weighted by molar-refractivity contribution is 0.0697. The number of carboxylic acid groups (broad SMARTS) is 1. The fraction of sp³-hybridized carbons (Fsp3) is 0.125. The molecule has 0 spiro atoms. The Morgan fingerprint density at radius 2 is 1.92 bits per heavy atom. The van der Waals surface area contributed by atoms with Gasteiger partial charge in [0.2, 0.25) is 5.82 Å². The Morgan fingerprint density at radius 3 is 2.54 bits per heavy atom. The monoisotopic (exact) mass is 326 g/mol. The standard InChI is InChI=1S/C16H14N4O4/c1-23-13-5-3-4-12(14(13)24-2)9-6-10(15-17-19-20-18-15)8-11(7-9)16(21)22/h3-8H,1-2H3,(H,21,22)(H,17,18,19,20). The molecule has 0 aliphatic heterocycles. The molecule has 24 heavy (non-hydrogen) atoms. The van der Waals surface area contributed by atoms with Gasteiger partial charge in [0, 0.05) is 11.1 Å². The Kier molecular flexibility index (Phi) is 4.11. The summed E-state index contributed by atoms with van der Waals surface area (Å²) in [5, 5.41) is 23.1. The highest BCUT2D eigenvalue weighted by Gasteiger charge is 2.16. The second kappa shape index (κ2) is 6.37. The first-order valence-corrected chi connectivity index (χ1v) is 6.97. The summed E-state index contributed by atoms with van der Waals surface area (Å²) in [5.41, 5.74) is 1.98. The molecule has 0 saturated carbocycles. The zero-order valence-electron chi connectivity index (χ0n) is 13.0. The molecule has 2 aromatic carbocycles. The number of hydrogen-bond acceptors (Lipinski definition) is 6. The number of nitrogens with zero attached hydrogens (tertiary/aromatic N) is 3. The highest BCUT2D eigenvalue weighted by Crippen LogP contribution is 2.39. The lowest BCUT2D eigenvalue weighted by Crippen LogP contribution is -1.99. The SMILES string of the molecule is COc1cccc(-c2cc(C(=O)O)cc(-c3nn[nH]n3)c2)c1OC. The minimum Gasteiger partial charge on any atom is -0.493 e. The number of H-pyrrole nitrogens is 1. The number of benzene rings is 2. The van der Waals surface area contributed by atoms with Crippen LogP contribution in [0.3, 0.4) is 0 Å². The Balaban J connectivity index is 2.23. The summed E-state index contributed by atoms with van der Waals surface area (Å²) >= 11 is 0. The summed E-state index contributed by atoms with van der Waals surface area (Å²) in [7, 11) is 3.07. The molecule has 3 rings (SSSR count). The molecule has 122 valence electrons. The van der Waals surface area contributed by atoms with Crippen LogP contribution in [0.1, 0.15) is 10.4 Å². The van der Waals surface area contributed by atoms with Crippen LogP contribution in [0.25, 0.3) is 22.5 Å². The number of methoxy groups -OCH3 is 2. The van der Waals surface area contributed by atoms with E-state index in [1.807, 2.05) is 6.07 Å². The molecule has 2 N–H and O–H groups in total. The van der Waals surface area contributed by atoms with Crippen molar-refractivity contribution in [2.45, 2.75) is 0 Å². The summed E-state index contributed by atoms with van der Waals surface area (Å²) in [5.74, 6) is 0.322. The number of aromatic carboxylic acids is 1. The molecule has 0 aliphatic carbocycles. The molecule has 0 bridgehead atoms. The molecule has 0 unspecified atom stereocenters. The number of aromatic nitrogens is 4. The maximum atomic E-state index is 11.5. The highest BCUT2D eigenvalue weighted by atomic mass is 16.5. The first-order valence-electron chi connectivity index (χ1n) is 6.97. The fourth-order valence-corrected chi connectivity index (χ4v) is 2.43. The molecule has 0 amide bonds. The van der Waals surface area contributed by atoms with Crippen LogP contribution >= 0.6 is 0 Å². The number of ether oxygens (including phenoxy) is 2. The highest BCUT2D eigenvalue weighted by molar-refractivity contribution is 5.92. The van der Waals surface area contributed by atoms with E-state index in [0.717, 1.165) is 0 Å². The van der Waals surface area contributed by atoms with Gasteiger partial charge in [-0.25, -0.2) is 4.79 Å². The lowest BCUT2D eigenvalue weighted by Gasteiger charge is -2.13. The van der Waals surface area contributed by atoms with Crippen molar-refractivity contribution < 1.29 is 19.4 Å². The summed E-state index contributed by atoms with van der Waals surface area (Å²) < 4.78 is 10.7. The van der Waals surface area contributed by atoms with Crippen molar-refractivity contribution in [3.05, 3.63) is 42.0 Å². The number of aromatic amines is 1. The predicted octanol–water partition coefficient (Wildman–Crippen LogP) is 2.25. The minimum atomic E-state index is -1.05. The van der Waals surface area contributed by atoms with Crippen molar-refractivity contribution >= 4 is 5.97 Å². The van der Waals surface area contributed by atoms with Crippen LogP contribution in [0, 0.1) is 0 Å². The van der Waals surface area contributed by atoms with Gasteiger partial charge in [0.15, 0.2) is 11.5 Å². The maximum absolute atomic E-state index is 11.5. The topological polar surface area (TPSA) is 110 Å². The van der Waals surface area contributed by atoms with Crippen LogP contribution in [-0.4, -0.2) is 45.9 Å². The molecule has 0 aliphatic rings.